The lowest BCUT2D eigenvalue weighted by Crippen LogP contribution is -2.01. The van der Waals surface area contributed by atoms with E-state index < -0.39 is 6.04 Å². The molecule has 0 aliphatic carbocycles. The van der Waals surface area contributed by atoms with Gasteiger partial charge in [0.05, 0.1) is 17.9 Å². The molecule has 6 heteroatoms. The monoisotopic (exact) mass is 767 g/mol. The highest BCUT2D eigenvalue weighted by Crippen LogP contribution is 2.46. The molecule has 0 aliphatic rings. The number of fused-ring (bicyclic) bond motifs is 9. The minimum atomic E-state index is -0.420. The SMILES string of the molecule is [2H]c1c([2H])c([2H])c(-c2cccc3c2sc2c(-c4nc(-c5ccccc5)nc(-c5cccc6sc7ccccc7c56)n4)cc(-n4c5ccccc5c5ccccc54)cc23)c([2H])c1[2H]. The number of hydrogen-bond donors (Lipinski definition) is 0. The maximum absolute atomic E-state index is 8.95. The first-order chi connectivity index (χ1) is 30.3. The molecule has 4 heterocycles. The first-order valence-electron chi connectivity index (χ1n) is 21.1. The highest BCUT2D eigenvalue weighted by molar-refractivity contribution is 7.27. The van der Waals surface area contributed by atoms with Crippen LogP contribution in [-0.4, -0.2) is 19.5 Å². The van der Waals surface area contributed by atoms with Gasteiger partial charge in [0.1, 0.15) is 0 Å². The molecule has 57 heavy (non-hydrogen) atoms. The summed E-state index contributed by atoms with van der Waals surface area (Å²) in [6, 6.07) is 50.1. The van der Waals surface area contributed by atoms with E-state index in [0.29, 0.717) is 23.0 Å². The van der Waals surface area contributed by atoms with Crippen LogP contribution in [0.5, 0.6) is 0 Å². The van der Waals surface area contributed by atoms with Crippen molar-refractivity contribution in [2.45, 2.75) is 0 Å². The fraction of sp³-hybridized carbons (Fsp3) is 0. The van der Waals surface area contributed by atoms with Crippen LogP contribution in [0.3, 0.4) is 0 Å². The molecule has 4 aromatic heterocycles. The molecule has 0 N–H and O–H groups in total. The number of aromatic nitrogens is 4. The third kappa shape index (κ3) is 5.08. The number of rotatable bonds is 5. The van der Waals surface area contributed by atoms with Gasteiger partial charge in [0.25, 0.3) is 0 Å². The molecule has 12 rings (SSSR count). The van der Waals surface area contributed by atoms with Gasteiger partial charge in [-0.1, -0.05) is 145 Å². The third-order valence-electron chi connectivity index (χ3n) is 10.7. The fourth-order valence-corrected chi connectivity index (χ4v) is 10.7. The maximum atomic E-state index is 8.95. The minimum Gasteiger partial charge on any atom is -0.309 e. The summed E-state index contributed by atoms with van der Waals surface area (Å²) in [5, 5.41) is 6.33. The Bertz CT molecular complexity index is 3750. The van der Waals surface area contributed by atoms with Crippen LogP contribution in [0.1, 0.15) is 6.85 Å². The summed E-state index contributed by atoms with van der Waals surface area (Å²) in [7, 11) is 0. The summed E-state index contributed by atoms with van der Waals surface area (Å²) < 4.78 is 49.6. The van der Waals surface area contributed by atoms with E-state index in [1.165, 1.54) is 16.0 Å². The average molecular weight is 768 g/mol. The first kappa shape index (κ1) is 27.6. The van der Waals surface area contributed by atoms with Crippen LogP contribution in [-0.2, 0) is 0 Å². The van der Waals surface area contributed by atoms with Crippen LogP contribution in [0.2, 0.25) is 0 Å². The van der Waals surface area contributed by atoms with Gasteiger partial charge >= 0.3 is 0 Å². The van der Waals surface area contributed by atoms with Crippen molar-refractivity contribution in [2.75, 3.05) is 0 Å². The quantitative estimate of drug-likeness (QED) is 0.175. The maximum Gasteiger partial charge on any atom is 0.165 e. The standard InChI is InChI=1S/C51H30N4S2/c1-3-15-31(16-4-1)34-22-13-23-37-40-29-33(55-42-25-10-7-19-35(42)36-20-8-11-26-43(36)55)30-41(48(40)57-47(34)37)51-53-49(32-17-5-2-6-18-32)52-50(54-51)39-24-14-28-45-46(39)38-21-9-12-27-44(38)56-45/h1-30H/i1D,3D,4D,15D,16D. The van der Waals surface area contributed by atoms with E-state index in [4.69, 9.17) is 21.8 Å². The van der Waals surface area contributed by atoms with Crippen molar-refractivity contribution >= 4 is 84.8 Å². The molecule has 4 nitrogen and oxygen atoms in total. The molecule has 0 bridgehead atoms. The van der Waals surface area contributed by atoms with E-state index in [-0.39, 0.29) is 29.7 Å². The van der Waals surface area contributed by atoms with Gasteiger partial charge in [-0.15, -0.1) is 22.7 Å². The van der Waals surface area contributed by atoms with Crippen molar-refractivity contribution in [3.05, 3.63) is 182 Å². The van der Waals surface area contributed by atoms with Crippen molar-refractivity contribution in [3.63, 3.8) is 0 Å². The highest BCUT2D eigenvalue weighted by Gasteiger charge is 2.22. The summed E-state index contributed by atoms with van der Waals surface area (Å²) in [6.45, 7) is 0. The summed E-state index contributed by atoms with van der Waals surface area (Å²) >= 11 is 3.27. The van der Waals surface area contributed by atoms with Crippen LogP contribution >= 0.6 is 22.7 Å². The van der Waals surface area contributed by atoms with Crippen molar-refractivity contribution in [1.29, 1.82) is 0 Å². The average Bonchev–Trinajstić information content (AvgIpc) is 4.00. The Balaban J connectivity index is 1.21. The van der Waals surface area contributed by atoms with E-state index in [0.717, 1.165) is 79.8 Å². The molecule has 0 fully saturated rings. The molecule has 0 saturated heterocycles. The molecule has 0 aliphatic heterocycles. The first-order valence-corrected chi connectivity index (χ1v) is 20.2. The van der Waals surface area contributed by atoms with E-state index in [9.17, 15) is 0 Å². The number of benzene rings is 8. The minimum absolute atomic E-state index is 0.169. The van der Waals surface area contributed by atoms with Gasteiger partial charge in [0.2, 0.25) is 0 Å². The van der Waals surface area contributed by atoms with Crippen molar-refractivity contribution in [2.24, 2.45) is 0 Å². The van der Waals surface area contributed by atoms with E-state index in [1.54, 1.807) is 11.3 Å². The lowest BCUT2D eigenvalue weighted by atomic mass is 10.0. The zero-order valence-electron chi connectivity index (χ0n) is 35.0. The van der Waals surface area contributed by atoms with Gasteiger partial charge in [-0.25, -0.2) is 15.0 Å². The molecule has 0 radical (unpaired) electrons. The van der Waals surface area contributed by atoms with Crippen LogP contribution in [0.15, 0.2) is 182 Å². The van der Waals surface area contributed by atoms with Crippen LogP contribution in [0.25, 0.3) is 113 Å². The lowest BCUT2D eigenvalue weighted by Gasteiger charge is -2.13. The summed E-state index contributed by atoms with van der Waals surface area (Å²) in [6.07, 6.45) is 0. The Labute approximate surface area is 342 Å². The molecule has 0 unspecified atom stereocenters. The largest absolute Gasteiger partial charge is 0.309 e. The van der Waals surface area contributed by atoms with Crippen molar-refractivity contribution in [3.8, 4) is 51.0 Å². The normalized spacial score (nSPS) is 13.1. The summed E-state index contributed by atoms with van der Waals surface area (Å²) in [4.78, 5) is 15.9. The van der Waals surface area contributed by atoms with Gasteiger partial charge in [0, 0.05) is 73.5 Å². The zero-order chi connectivity index (χ0) is 41.8. The number of thiophene rings is 2. The predicted octanol–water partition coefficient (Wildman–Crippen LogP) is 14.4. The van der Waals surface area contributed by atoms with Gasteiger partial charge in [-0.3, -0.25) is 0 Å². The van der Waals surface area contributed by atoms with E-state index in [1.807, 2.05) is 48.5 Å². The van der Waals surface area contributed by atoms with E-state index >= 15 is 0 Å². The van der Waals surface area contributed by atoms with Gasteiger partial charge in [-0.2, -0.15) is 0 Å². The van der Waals surface area contributed by atoms with Crippen LogP contribution in [0, 0.1) is 0 Å². The molecule has 266 valence electrons. The number of hydrogen-bond acceptors (Lipinski definition) is 5. The third-order valence-corrected chi connectivity index (χ3v) is 13.2. The summed E-state index contributed by atoms with van der Waals surface area (Å²) in [5.74, 6) is 1.59. The Morgan fingerprint density at radius 3 is 1.81 bits per heavy atom. The van der Waals surface area contributed by atoms with Gasteiger partial charge < -0.3 is 4.57 Å². The molecule has 0 spiro atoms. The molecular weight excluding hydrogens is 733 g/mol. The second-order valence-electron chi connectivity index (χ2n) is 14.0. The van der Waals surface area contributed by atoms with Crippen molar-refractivity contribution < 1.29 is 6.85 Å². The fourth-order valence-electron chi connectivity index (χ4n) is 8.26. The molecule has 0 amide bonds. The van der Waals surface area contributed by atoms with Crippen molar-refractivity contribution in [1.82, 2.24) is 19.5 Å². The molecular formula is C51H30N4S2. The summed E-state index contributed by atoms with van der Waals surface area (Å²) in [5.41, 5.74) is 6.31. The Hall–Kier alpha value is -6.99. The topological polar surface area (TPSA) is 43.6 Å². The lowest BCUT2D eigenvalue weighted by molar-refractivity contribution is 1.08. The van der Waals surface area contributed by atoms with E-state index in [2.05, 4.69) is 108 Å². The van der Waals surface area contributed by atoms with Crippen LogP contribution in [0.4, 0.5) is 0 Å². The van der Waals surface area contributed by atoms with Crippen LogP contribution < -0.4 is 0 Å². The second kappa shape index (κ2) is 12.8. The molecule has 8 aromatic carbocycles. The second-order valence-corrected chi connectivity index (χ2v) is 16.1. The van der Waals surface area contributed by atoms with Gasteiger partial charge in [-0.05, 0) is 47.5 Å². The molecule has 0 saturated carbocycles. The smallest absolute Gasteiger partial charge is 0.165 e. The molecule has 12 aromatic rings. The Morgan fingerprint density at radius 2 is 1.02 bits per heavy atom. The Morgan fingerprint density at radius 1 is 0.421 bits per heavy atom. The number of para-hydroxylation sites is 2. The van der Waals surface area contributed by atoms with Gasteiger partial charge in [0.15, 0.2) is 17.5 Å². The zero-order valence-corrected chi connectivity index (χ0v) is 31.7. The molecule has 0 atom stereocenters. The number of nitrogens with zero attached hydrogens (tertiary/aromatic N) is 4. The Kier molecular flexibility index (Phi) is 6.18. The predicted molar refractivity (Wildman–Crippen MR) is 242 cm³/mol. The highest BCUT2D eigenvalue weighted by atomic mass is 32.1.